The Labute approximate surface area is 131 Å². The molecule has 2 aromatic rings. The van der Waals surface area contributed by atoms with Gasteiger partial charge in [-0.2, -0.15) is 4.98 Å². The largest absolute Gasteiger partial charge is 0.337 e. The molecule has 0 radical (unpaired) electrons. The molecule has 2 unspecified atom stereocenters. The quantitative estimate of drug-likeness (QED) is 0.902. The van der Waals surface area contributed by atoms with E-state index in [9.17, 15) is 4.39 Å². The Bertz CT molecular complexity index is 611. The van der Waals surface area contributed by atoms with Crippen molar-refractivity contribution in [3.63, 3.8) is 0 Å². The topological polar surface area (TPSA) is 51.0 Å². The van der Waals surface area contributed by atoms with Crippen molar-refractivity contribution in [2.24, 2.45) is 5.92 Å². The van der Waals surface area contributed by atoms with Crippen LogP contribution >= 0.6 is 15.9 Å². The van der Waals surface area contributed by atoms with E-state index in [1.165, 1.54) is 18.6 Å². The maximum atomic E-state index is 13.4. The molecule has 21 heavy (non-hydrogen) atoms. The van der Waals surface area contributed by atoms with Crippen LogP contribution in [0.25, 0.3) is 11.4 Å². The molecule has 0 spiro atoms. The molecule has 1 saturated heterocycles. The van der Waals surface area contributed by atoms with Gasteiger partial charge in [0.25, 0.3) is 0 Å². The van der Waals surface area contributed by atoms with Gasteiger partial charge in [0.05, 0.1) is 6.04 Å². The Hall–Kier alpha value is -1.27. The minimum atomic E-state index is -0.326. The van der Waals surface area contributed by atoms with Gasteiger partial charge in [-0.1, -0.05) is 34.4 Å². The van der Waals surface area contributed by atoms with Crippen LogP contribution in [0.15, 0.2) is 27.2 Å². The lowest BCUT2D eigenvalue weighted by molar-refractivity contribution is 0.246. The minimum Gasteiger partial charge on any atom is -0.337 e. The van der Waals surface area contributed by atoms with Crippen LogP contribution in [-0.4, -0.2) is 16.7 Å². The first kappa shape index (κ1) is 14.7. The highest BCUT2D eigenvalue weighted by Gasteiger charge is 2.26. The Morgan fingerprint density at radius 1 is 1.43 bits per heavy atom. The number of benzene rings is 1. The highest BCUT2D eigenvalue weighted by molar-refractivity contribution is 9.10. The molecule has 4 nitrogen and oxygen atoms in total. The molecule has 1 fully saturated rings. The summed E-state index contributed by atoms with van der Waals surface area (Å²) in [5.74, 6) is 1.37. The summed E-state index contributed by atoms with van der Waals surface area (Å²) < 4.78 is 19.5. The number of piperidine rings is 1. The van der Waals surface area contributed by atoms with E-state index in [1.807, 2.05) is 0 Å². The van der Waals surface area contributed by atoms with Gasteiger partial charge in [0, 0.05) is 10.0 Å². The Kier molecular flexibility index (Phi) is 4.35. The minimum absolute atomic E-state index is 0.0990. The molecular formula is C15H17BrFN3O. The smallest absolute Gasteiger partial charge is 0.244 e. The monoisotopic (exact) mass is 353 g/mol. The van der Waals surface area contributed by atoms with Crippen LogP contribution in [0.2, 0.25) is 0 Å². The summed E-state index contributed by atoms with van der Waals surface area (Å²) in [6.07, 6.45) is 3.35. The molecule has 1 N–H and O–H groups in total. The second-order valence-corrected chi connectivity index (χ2v) is 6.34. The van der Waals surface area contributed by atoms with Crippen molar-refractivity contribution >= 4 is 15.9 Å². The number of halogens is 2. The van der Waals surface area contributed by atoms with E-state index in [4.69, 9.17) is 4.52 Å². The van der Waals surface area contributed by atoms with Crippen molar-refractivity contribution < 1.29 is 8.91 Å². The average Bonchev–Trinajstić information content (AvgIpc) is 2.96. The molecular weight excluding hydrogens is 337 g/mol. The first-order valence-corrected chi connectivity index (χ1v) is 7.98. The highest BCUT2D eigenvalue weighted by atomic mass is 79.9. The van der Waals surface area contributed by atoms with Crippen molar-refractivity contribution in [1.29, 1.82) is 0 Å². The fourth-order valence-corrected chi connectivity index (χ4v) is 3.20. The first-order chi connectivity index (χ1) is 10.2. The lowest BCUT2D eigenvalue weighted by Crippen LogP contribution is -2.31. The second kappa shape index (κ2) is 6.23. The normalized spacial score (nSPS) is 22.4. The number of hydrogen-bond donors (Lipinski definition) is 1. The number of aromatic nitrogens is 2. The van der Waals surface area contributed by atoms with Gasteiger partial charge >= 0.3 is 0 Å². The van der Waals surface area contributed by atoms with Crippen LogP contribution in [0.3, 0.4) is 0 Å². The number of rotatable bonds is 3. The highest BCUT2D eigenvalue weighted by Crippen LogP contribution is 2.30. The Balaban J connectivity index is 1.82. The van der Waals surface area contributed by atoms with Gasteiger partial charge in [0.15, 0.2) is 0 Å². The number of nitrogens with zero attached hydrogens (tertiary/aromatic N) is 2. The number of hydrogen-bond acceptors (Lipinski definition) is 4. The third-order valence-corrected chi connectivity index (χ3v) is 4.41. The summed E-state index contributed by atoms with van der Waals surface area (Å²) in [6, 6.07) is 4.68. The maximum Gasteiger partial charge on any atom is 0.244 e. The van der Waals surface area contributed by atoms with Gasteiger partial charge in [-0.3, -0.25) is 0 Å². The zero-order valence-electron chi connectivity index (χ0n) is 11.8. The standard InChI is InChI=1S/C15H17BrFN3O/c1-2-9-3-4-18-13(5-9)15-19-14(20-21-15)10-6-11(16)8-12(17)7-10/h6-9,13,18H,2-5H2,1H3. The van der Waals surface area contributed by atoms with Crippen LogP contribution in [0.1, 0.15) is 38.1 Å². The van der Waals surface area contributed by atoms with Gasteiger partial charge in [-0.25, -0.2) is 4.39 Å². The predicted octanol–water partition coefficient (Wildman–Crippen LogP) is 4.09. The predicted molar refractivity (Wildman–Crippen MR) is 81.2 cm³/mol. The van der Waals surface area contributed by atoms with E-state index >= 15 is 0 Å². The van der Waals surface area contributed by atoms with Crippen LogP contribution in [0.5, 0.6) is 0 Å². The second-order valence-electron chi connectivity index (χ2n) is 5.42. The van der Waals surface area contributed by atoms with Gasteiger partial charge in [0.2, 0.25) is 11.7 Å². The Morgan fingerprint density at radius 3 is 3.05 bits per heavy atom. The molecule has 0 amide bonds. The summed E-state index contributed by atoms with van der Waals surface area (Å²) in [6.45, 7) is 3.17. The molecule has 0 saturated carbocycles. The van der Waals surface area contributed by atoms with Crippen LogP contribution in [-0.2, 0) is 0 Å². The summed E-state index contributed by atoms with van der Waals surface area (Å²) in [5, 5.41) is 7.39. The lowest BCUT2D eigenvalue weighted by Gasteiger charge is -2.27. The summed E-state index contributed by atoms with van der Waals surface area (Å²) >= 11 is 3.27. The molecule has 6 heteroatoms. The molecule has 1 aliphatic heterocycles. The van der Waals surface area contributed by atoms with Crippen LogP contribution in [0, 0.1) is 11.7 Å². The first-order valence-electron chi connectivity index (χ1n) is 7.19. The van der Waals surface area contributed by atoms with Crippen molar-refractivity contribution in [2.75, 3.05) is 6.54 Å². The molecule has 0 aliphatic carbocycles. The molecule has 2 atom stereocenters. The van der Waals surface area contributed by atoms with Crippen molar-refractivity contribution in [3.05, 3.63) is 34.4 Å². The SMILES string of the molecule is CCC1CCNC(c2nc(-c3cc(F)cc(Br)c3)no2)C1. The summed E-state index contributed by atoms with van der Waals surface area (Å²) in [7, 11) is 0. The van der Waals surface area contributed by atoms with E-state index < -0.39 is 0 Å². The van der Waals surface area contributed by atoms with Crippen molar-refractivity contribution in [2.45, 2.75) is 32.2 Å². The van der Waals surface area contributed by atoms with E-state index in [-0.39, 0.29) is 11.9 Å². The Morgan fingerprint density at radius 2 is 2.29 bits per heavy atom. The van der Waals surface area contributed by atoms with E-state index in [0.29, 0.717) is 27.7 Å². The molecule has 1 aromatic heterocycles. The van der Waals surface area contributed by atoms with E-state index in [2.05, 4.69) is 38.3 Å². The average molecular weight is 354 g/mol. The molecule has 1 aliphatic rings. The summed E-state index contributed by atoms with van der Waals surface area (Å²) in [5.41, 5.74) is 0.611. The molecule has 0 bridgehead atoms. The third-order valence-electron chi connectivity index (χ3n) is 3.95. The third kappa shape index (κ3) is 3.32. The fraction of sp³-hybridized carbons (Fsp3) is 0.467. The molecule has 2 heterocycles. The molecule has 3 rings (SSSR count). The van der Waals surface area contributed by atoms with Gasteiger partial charge in [0.1, 0.15) is 5.82 Å². The van der Waals surface area contributed by atoms with Gasteiger partial charge in [-0.05, 0) is 43.5 Å². The number of nitrogens with one attached hydrogen (secondary N) is 1. The molecule has 112 valence electrons. The zero-order chi connectivity index (χ0) is 14.8. The molecule has 1 aromatic carbocycles. The van der Waals surface area contributed by atoms with Crippen LogP contribution < -0.4 is 5.32 Å². The maximum absolute atomic E-state index is 13.4. The summed E-state index contributed by atoms with van der Waals surface area (Å²) in [4.78, 5) is 4.43. The van der Waals surface area contributed by atoms with Crippen molar-refractivity contribution in [3.8, 4) is 11.4 Å². The zero-order valence-corrected chi connectivity index (χ0v) is 13.4. The van der Waals surface area contributed by atoms with E-state index in [0.717, 1.165) is 19.4 Å². The van der Waals surface area contributed by atoms with Gasteiger partial charge in [-0.15, -0.1) is 0 Å². The lowest BCUT2D eigenvalue weighted by atomic mass is 9.90. The van der Waals surface area contributed by atoms with E-state index in [1.54, 1.807) is 6.07 Å². The fourth-order valence-electron chi connectivity index (χ4n) is 2.73. The van der Waals surface area contributed by atoms with Crippen molar-refractivity contribution in [1.82, 2.24) is 15.5 Å². The van der Waals surface area contributed by atoms with Gasteiger partial charge < -0.3 is 9.84 Å². The van der Waals surface area contributed by atoms with Crippen LogP contribution in [0.4, 0.5) is 4.39 Å².